The molecule has 0 unspecified atom stereocenters. The highest BCUT2D eigenvalue weighted by Gasteiger charge is 2.03. The van der Waals surface area contributed by atoms with Crippen molar-refractivity contribution >= 4 is 17.3 Å². The molecule has 0 aliphatic heterocycles. The van der Waals surface area contributed by atoms with Crippen LogP contribution in [0, 0.1) is 19.7 Å². The summed E-state index contributed by atoms with van der Waals surface area (Å²) in [5.74, 6) is 0.522. The summed E-state index contributed by atoms with van der Waals surface area (Å²) in [5, 5.41) is 9.57. The molecule has 2 rings (SSSR count). The van der Waals surface area contributed by atoms with Gasteiger partial charge in [-0.1, -0.05) is 12.1 Å². The Bertz CT molecular complexity index is 651. The van der Waals surface area contributed by atoms with E-state index in [0.29, 0.717) is 18.1 Å². The molecule has 0 aliphatic rings. The van der Waals surface area contributed by atoms with Crippen LogP contribution < -0.4 is 10.6 Å². The van der Waals surface area contributed by atoms with Crippen molar-refractivity contribution in [2.24, 2.45) is 4.99 Å². The molecule has 0 bridgehead atoms. The summed E-state index contributed by atoms with van der Waals surface area (Å²) in [4.78, 5) is 8.58. The first kappa shape index (κ1) is 16.4. The number of nitrogens with one attached hydrogen (secondary N) is 2. The van der Waals surface area contributed by atoms with E-state index < -0.39 is 0 Å². The number of hydrogen-bond acceptors (Lipinski definition) is 3. The maximum absolute atomic E-state index is 13.5. The molecule has 0 amide bonds. The number of halogens is 1. The summed E-state index contributed by atoms with van der Waals surface area (Å²) in [6.45, 7) is 5.05. The highest BCUT2D eigenvalue weighted by molar-refractivity contribution is 7.09. The van der Waals surface area contributed by atoms with Crippen LogP contribution in [0.3, 0.4) is 0 Å². The zero-order valence-corrected chi connectivity index (χ0v) is 13.9. The molecule has 1 aromatic heterocycles. The number of aryl methyl sites for hydroxylation is 2. The second kappa shape index (κ2) is 7.89. The lowest BCUT2D eigenvalue weighted by atomic mass is 10.1. The van der Waals surface area contributed by atoms with E-state index in [9.17, 15) is 4.39 Å². The molecule has 6 heteroatoms. The molecule has 0 atom stereocenters. The third-order valence-electron chi connectivity index (χ3n) is 3.26. The van der Waals surface area contributed by atoms with Gasteiger partial charge in [0.25, 0.3) is 0 Å². The van der Waals surface area contributed by atoms with Crippen LogP contribution in [-0.2, 0) is 13.0 Å². The monoisotopic (exact) mass is 320 g/mol. The fraction of sp³-hybridized carbons (Fsp3) is 0.375. The standard InChI is InChI=1S/C16H21FN4S/c1-11-4-5-13(8-15(11)17)9-20-16(18-3)19-7-6-14-10-22-12(2)21-14/h4-5,8,10H,6-7,9H2,1-3H3,(H2,18,19,20). The van der Waals surface area contributed by atoms with Crippen LogP contribution in [0.15, 0.2) is 28.6 Å². The van der Waals surface area contributed by atoms with Crippen molar-refractivity contribution in [2.75, 3.05) is 13.6 Å². The van der Waals surface area contributed by atoms with Gasteiger partial charge in [-0.05, 0) is 31.0 Å². The average Bonchev–Trinajstić information content (AvgIpc) is 2.91. The van der Waals surface area contributed by atoms with Gasteiger partial charge in [-0.3, -0.25) is 4.99 Å². The fourth-order valence-electron chi connectivity index (χ4n) is 1.98. The maximum Gasteiger partial charge on any atom is 0.191 e. The minimum Gasteiger partial charge on any atom is -0.356 e. The molecule has 0 fully saturated rings. The number of rotatable bonds is 5. The predicted octanol–water partition coefficient (Wildman–Crippen LogP) is 2.81. The van der Waals surface area contributed by atoms with Crippen LogP contribution in [0.1, 0.15) is 21.8 Å². The van der Waals surface area contributed by atoms with Gasteiger partial charge >= 0.3 is 0 Å². The summed E-state index contributed by atoms with van der Waals surface area (Å²) < 4.78 is 13.5. The van der Waals surface area contributed by atoms with E-state index in [1.807, 2.05) is 13.0 Å². The van der Waals surface area contributed by atoms with Crippen LogP contribution in [0.4, 0.5) is 4.39 Å². The Morgan fingerprint density at radius 2 is 2.14 bits per heavy atom. The van der Waals surface area contributed by atoms with Crippen LogP contribution in [0.2, 0.25) is 0 Å². The first-order chi connectivity index (χ1) is 10.6. The first-order valence-corrected chi connectivity index (χ1v) is 8.07. The van der Waals surface area contributed by atoms with Crippen LogP contribution >= 0.6 is 11.3 Å². The van der Waals surface area contributed by atoms with Gasteiger partial charge in [0.15, 0.2) is 5.96 Å². The van der Waals surface area contributed by atoms with E-state index in [1.165, 1.54) is 0 Å². The van der Waals surface area contributed by atoms with Gasteiger partial charge in [-0.15, -0.1) is 11.3 Å². The minimum absolute atomic E-state index is 0.179. The average molecular weight is 320 g/mol. The Morgan fingerprint density at radius 3 is 2.77 bits per heavy atom. The molecule has 0 spiro atoms. The molecule has 0 radical (unpaired) electrons. The number of nitrogens with zero attached hydrogens (tertiary/aromatic N) is 2. The number of aromatic nitrogens is 1. The van der Waals surface area contributed by atoms with Gasteiger partial charge in [-0.25, -0.2) is 9.37 Å². The third kappa shape index (κ3) is 4.80. The molecule has 22 heavy (non-hydrogen) atoms. The van der Waals surface area contributed by atoms with Crippen molar-refractivity contribution in [3.05, 3.63) is 51.2 Å². The Kier molecular flexibility index (Phi) is 5.89. The van der Waals surface area contributed by atoms with Gasteiger partial charge in [0.2, 0.25) is 0 Å². The highest BCUT2D eigenvalue weighted by Crippen LogP contribution is 2.09. The van der Waals surface area contributed by atoms with Crippen molar-refractivity contribution in [1.82, 2.24) is 15.6 Å². The number of hydrogen-bond donors (Lipinski definition) is 2. The predicted molar refractivity (Wildman–Crippen MR) is 89.9 cm³/mol. The van der Waals surface area contributed by atoms with Gasteiger partial charge in [-0.2, -0.15) is 0 Å². The molecule has 1 heterocycles. The van der Waals surface area contributed by atoms with Crippen LogP contribution in [0.5, 0.6) is 0 Å². The summed E-state index contributed by atoms with van der Waals surface area (Å²) in [5.41, 5.74) is 2.64. The van der Waals surface area contributed by atoms with Crippen LogP contribution in [0.25, 0.3) is 0 Å². The van der Waals surface area contributed by atoms with Gasteiger partial charge in [0.05, 0.1) is 10.7 Å². The maximum atomic E-state index is 13.5. The number of aliphatic imine (C=N–C) groups is 1. The lowest BCUT2D eigenvalue weighted by molar-refractivity contribution is 0.615. The second-order valence-corrected chi connectivity index (χ2v) is 6.11. The summed E-state index contributed by atoms with van der Waals surface area (Å²) in [7, 11) is 1.72. The van der Waals surface area contributed by atoms with Crippen molar-refractivity contribution in [2.45, 2.75) is 26.8 Å². The van der Waals surface area contributed by atoms with E-state index >= 15 is 0 Å². The Morgan fingerprint density at radius 1 is 1.32 bits per heavy atom. The Labute approximate surface area is 134 Å². The molecule has 118 valence electrons. The summed E-state index contributed by atoms with van der Waals surface area (Å²) >= 11 is 1.66. The minimum atomic E-state index is -0.179. The van der Waals surface area contributed by atoms with E-state index in [4.69, 9.17) is 0 Å². The smallest absolute Gasteiger partial charge is 0.191 e. The summed E-state index contributed by atoms with van der Waals surface area (Å²) in [6.07, 6.45) is 0.851. The normalized spacial score (nSPS) is 11.5. The molecule has 1 aromatic carbocycles. The van der Waals surface area contributed by atoms with Crippen molar-refractivity contribution in [1.29, 1.82) is 0 Å². The molecule has 0 saturated heterocycles. The molecule has 2 N–H and O–H groups in total. The second-order valence-electron chi connectivity index (χ2n) is 5.04. The zero-order chi connectivity index (χ0) is 15.9. The van der Waals surface area contributed by atoms with Crippen molar-refractivity contribution < 1.29 is 4.39 Å². The lowest BCUT2D eigenvalue weighted by Gasteiger charge is -2.11. The van der Waals surface area contributed by atoms with Crippen molar-refractivity contribution in [3.8, 4) is 0 Å². The summed E-state index contributed by atoms with van der Waals surface area (Å²) in [6, 6.07) is 5.25. The zero-order valence-electron chi connectivity index (χ0n) is 13.1. The highest BCUT2D eigenvalue weighted by atomic mass is 32.1. The number of thiazole rings is 1. The van der Waals surface area contributed by atoms with Gasteiger partial charge < -0.3 is 10.6 Å². The Balaban J connectivity index is 1.78. The van der Waals surface area contributed by atoms with E-state index in [0.717, 1.165) is 29.2 Å². The first-order valence-electron chi connectivity index (χ1n) is 7.19. The fourth-order valence-corrected chi connectivity index (χ4v) is 2.63. The molecule has 2 aromatic rings. The number of guanidine groups is 1. The third-order valence-corrected chi connectivity index (χ3v) is 4.08. The van der Waals surface area contributed by atoms with Crippen LogP contribution in [-0.4, -0.2) is 24.5 Å². The Hall–Kier alpha value is -1.95. The topological polar surface area (TPSA) is 49.3 Å². The molecular formula is C16H21FN4S. The SMILES string of the molecule is CN=C(NCCc1csc(C)n1)NCc1ccc(C)c(F)c1. The lowest BCUT2D eigenvalue weighted by Crippen LogP contribution is -2.37. The molecular weight excluding hydrogens is 299 g/mol. The molecule has 4 nitrogen and oxygen atoms in total. The van der Waals surface area contributed by atoms with Crippen molar-refractivity contribution in [3.63, 3.8) is 0 Å². The van der Waals surface area contributed by atoms with E-state index in [1.54, 1.807) is 37.4 Å². The molecule has 0 aliphatic carbocycles. The van der Waals surface area contributed by atoms with Gasteiger partial charge in [0, 0.05) is 31.9 Å². The van der Waals surface area contributed by atoms with E-state index in [2.05, 4.69) is 26.0 Å². The van der Waals surface area contributed by atoms with E-state index in [-0.39, 0.29) is 5.82 Å². The molecule has 0 saturated carbocycles. The van der Waals surface area contributed by atoms with Gasteiger partial charge in [0.1, 0.15) is 5.82 Å². The largest absolute Gasteiger partial charge is 0.356 e. The quantitative estimate of drug-likeness (QED) is 0.658. The number of benzene rings is 1.